The van der Waals surface area contributed by atoms with E-state index in [4.69, 9.17) is 10.1 Å². The van der Waals surface area contributed by atoms with Gasteiger partial charge in [-0.05, 0) is 23.7 Å². The van der Waals surface area contributed by atoms with Crippen LogP contribution >= 0.6 is 7.67 Å². The van der Waals surface area contributed by atoms with Gasteiger partial charge in [0, 0.05) is 27.6 Å². The van der Waals surface area contributed by atoms with Crippen LogP contribution in [0.25, 0.3) is 16.2 Å². The van der Waals surface area contributed by atoms with Crippen LogP contribution in [0.4, 0.5) is 5.69 Å². The van der Waals surface area contributed by atoms with E-state index in [2.05, 4.69) is 9.80 Å². The van der Waals surface area contributed by atoms with E-state index in [0.717, 1.165) is 5.56 Å². The number of azide groups is 1. The van der Waals surface area contributed by atoms with E-state index in [-0.39, 0.29) is 0 Å². The molecule has 1 aliphatic heterocycles. The summed E-state index contributed by atoms with van der Waals surface area (Å²) in [5, 5.41) is 0. The molecule has 0 bridgehead atoms. The largest absolute Gasteiger partial charge is 0.434 e. The zero-order chi connectivity index (χ0) is 15.4. The molecule has 2 aromatic rings. The first kappa shape index (κ1) is 14.3. The molecule has 0 saturated heterocycles. The number of benzene rings is 2. The molecule has 110 valence electrons. The van der Waals surface area contributed by atoms with Gasteiger partial charge in [0.2, 0.25) is 0 Å². The van der Waals surface area contributed by atoms with Gasteiger partial charge in [-0.1, -0.05) is 48.5 Å². The van der Waals surface area contributed by atoms with Gasteiger partial charge in [0.25, 0.3) is 0 Å². The molecule has 0 amide bonds. The van der Waals surface area contributed by atoms with Gasteiger partial charge in [-0.2, -0.15) is 0 Å². The molecule has 0 fully saturated rings. The molecule has 7 heteroatoms. The second kappa shape index (κ2) is 5.98. The highest BCUT2D eigenvalue weighted by Crippen LogP contribution is 2.59. The summed E-state index contributed by atoms with van der Waals surface area (Å²) in [6.07, 6.45) is 1.82. The van der Waals surface area contributed by atoms with E-state index < -0.39 is 7.67 Å². The minimum atomic E-state index is -3.69. The van der Waals surface area contributed by atoms with Crippen LogP contribution in [0, 0.1) is 0 Å². The predicted molar refractivity (Wildman–Crippen MR) is 86.0 cm³/mol. The van der Waals surface area contributed by atoms with E-state index >= 15 is 0 Å². The Labute approximate surface area is 127 Å². The molecule has 0 saturated carbocycles. The summed E-state index contributed by atoms with van der Waals surface area (Å²) >= 11 is 0. The van der Waals surface area contributed by atoms with Gasteiger partial charge in [0.05, 0.1) is 0 Å². The average molecular weight is 312 g/mol. The third-order valence-electron chi connectivity index (χ3n) is 3.24. The van der Waals surface area contributed by atoms with E-state index in [0.29, 0.717) is 18.0 Å². The maximum absolute atomic E-state index is 13.0. The molecule has 22 heavy (non-hydrogen) atoms. The fraction of sp³-hybridized carbons (Fsp3) is 0.0667. The SMILES string of the molecule is [N-]=[N+]=NP1(=O)OC(c2ccccc2)=CCN1c1ccccc1. The Hall–Kier alpha value is -2.68. The van der Waals surface area contributed by atoms with Crippen LogP contribution in [0.2, 0.25) is 0 Å². The highest BCUT2D eigenvalue weighted by atomic mass is 31.2. The molecule has 0 radical (unpaired) electrons. The number of nitrogens with zero attached hydrogens (tertiary/aromatic N) is 4. The second-order valence-corrected chi connectivity index (χ2v) is 6.44. The van der Waals surface area contributed by atoms with Crippen LogP contribution < -0.4 is 4.67 Å². The lowest BCUT2D eigenvalue weighted by molar-refractivity contribution is 0.450. The first-order valence-electron chi connectivity index (χ1n) is 6.68. The monoisotopic (exact) mass is 312 g/mol. The molecule has 1 aliphatic rings. The van der Waals surface area contributed by atoms with Gasteiger partial charge in [-0.3, -0.25) is 4.67 Å². The Bertz CT molecular complexity index is 786. The van der Waals surface area contributed by atoms with Gasteiger partial charge in [-0.25, -0.2) is 4.57 Å². The molecule has 6 nitrogen and oxygen atoms in total. The first-order chi connectivity index (χ1) is 10.7. The van der Waals surface area contributed by atoms with Crippen molar-refractivity contribution in [2.75, 3.05) is 11.2 Å². The van der Waals surface area contributed by atoms with Crippen molar-refractivity contribution in [1.29, 1.82) is 0 Å². The van der Waals surface area contributed by atoms with Crippen molar-refractivity contribution in [2.45, 2.75) is 0 Å². The molecule has 1 heterocycles. The van der Waals surface area contributed by atoms with E-state index in [9.17, 15) is 4.57 Å². The predicted octanol–water partition coefficient (Wildman–Crippen LogP) is 4.98. The lowest BCUT2D eigenvalue weighted by Gasteiger charge is -2.33. The van der Waals surface area contributed by atoms with Crippen LogP contribution in [0.5, 0.6) is 0 Å². The number of rotatable bonds is 3. The van der Waals surface area contributed by atoms with Crippen molar-refractivity contribution in [1.82, 2.24) is 0 Å². The quantitative estimate of drug-likeness (QED) is 0.347. The summed E-state index contributed by atoms with van der Waals surface area (Å²) in [5.41, 5.74) is 10.2. The zero-order valence-corrected chi connectivity index (χ0v) is 12.5. The van der Waals surface area contributed by atoms with Gasteiger partial charge >= 0.3 is 7.67 Å². The van der Waals surface area contributed by atoms with Crippen LogP contribution in [0.3, 0.4) is 0 Å². The summed E-state index contributed by atoms with van der Waals surface area (Å²) in [6.45, 7) is 0.338. The topological polar surface area (TPSA) is 78.3 Å². The molecule has 0 spiro atoms. The Morgan fingerprint density at radius 3 is 2.36 bits per heavy atom. The summed E-state index contributed by atoms with van der Waals surface area (Å²) in [5.74, 6) is 0.462. The fourth-order valence-electron chi connectivity index (χ4n) is 2.23. The van der Waals surface area contributed by atoms with E-state index in [1.165, 1.54) is 4.67 Å². The van der Waals surface area contributed by atoms with Crippen molar-refractivity contribution in [3.8, 4) is 0 Å². The lowest BCUT2D eigenvalue weighted by atomic mass is 10.2. The molecule has 2 aromatic carbocycles. The smallest absolute Gasteiger partial charge is 0.424 e. The van der Waals surface area contributed by atoms with E-state index in [1.54, 1.807) is 12.1 Å². The Morgan fingerprint density at radius 1 is 1.09 bits per heavy atom. The number of hydrogen-bond donors (Lipinski definition) is 0. The second-order valence-electron chi connectivity index (χ2n) is 4.61. The molecule has 0 N–H and O–H groups in total. The first-order valence-corrected chi connectivity index (χ1v) is 8.21. The normalized spacial score (nSPS) is 20.5. The van der Waals surface area contributed by atoms with Gasteiger partial charge < -0.3 is 4.52 Å². The van der Waals surface area contributed by atoms with Crippen LogP contribution in [-0.4, -0.2) is 6.54 Å². The van der Waals surface area contributed by atoms with Crippen LogP contribution in [-0.2, 0) is 9.09 Å². The van der Waals surface area contributed by atoms with Crippen LogP contribution in [0.15, 0.2) is 71.6 Å². The highest BCUT2D eigenvalue weighted by Gasteiger charge is 2.36. The molecule has 0 aliphatic carbocycles. The zero-order valence-electron chi connectivity index (χ0n) is 11.6. The van der Waals surface area contributed by atoms with Crippen molar-refractivity contribution < 1.29 is 9.09 Å². The third kappa shape index (κ3) is 2.70. The van der Waals surface area contributed by atoms with Crippen molar-refractivity contribution in [2.24, 2.45) is 4.88 Å². The molecule has 1 atom stereocenters. The van der Waals surface area contributed by atoms with Crippen molar-refractivity contribution >= 4 is 19.1 Å². The van der Waals surface area contributed by atoms with Crippen molar-refractivity contribution in [3.63, 3.8) is 0 Å². The van der Waals surface area contributed by atoms with Gasteiger partial charge in [0.1, 0.15) is 5.76 Å². The highest BCUT2D eigenvalue weighted by molar-refractivity contribution is 7.59. The number of anilines is 1. The minimum Gasteiger partial charge on any atom is -0.424 e. The molecular weight excluding hydrogens is 299 g/mol. The molecule has 3 rings (SSSR count). The number of para-hydroxylation sites is 1. The number of hydrogen-bond acceptors (Lipinski definition) is 2. The molecule has 1 unspecified atom stereocenters. The summed E-state index contributed by atoms with van der Waals surface area (Å²) in [7, 11) is -3.69. The van der Waals surface area contributed by atoms with Crippen molar-refractivity contribution in [3.05, 3.63) is 82.7 Å². The maximum Gasteiger partial charge on any atom is 0.434 e. The fourth-order valence-corrected chi connectivity index (χ4v) is 3.71. The molecular formula is C15H13N4O2P. The summed E-state index contributed by atoms with van der Waals surface area (Å²) < 4.78 is 20.1. The Morgan fingerprint density at radius 2 is 1.73 bits per heavy atom. The average Bonchev–Trinajstić information content (AvgIpc) is 2.56. The summed E-state index contributed by atoms with van der Waals surface area (Å²) in [6, 6.07) is 18.4. The maximum atomic E-state index is 13.0. The van der Waals surface area contributed by atoms with Crippen LogP contribution in [0.1, 0.15) is 5.56 Å². The van der Waals surface area contributed by atoms with E-state index in [1.807, 2.05) is 54.6 Å². The third-order valence-corrected chi connectivity index (χ3v) is 4.98. The van der Waals surface area contributed by atoms with Gasteiger partial charge in [0.15, 0.2) is 0 Å². The lowest BCUT2D eigenvalue weighted by Crippen LogP contribution is -2.23. The molecule has 0 aromatic heterocycles. The minimum absolute atomic E-state index is 0.338. The van der Waals surface area contributed by atoms with Gasteiger partial charge in [-0.15, -0.1) is 0 Å². The Balaban J connectivity index is 2.02. The Kier molecular flexibility index (Phi) is 3.88. The standard InChI is InChI=1S/C15H13N4O2P/c16-17-18-22(20)19(14-9-5-2-6-10-14)12-11-15(21-22)13-7-3-1-4-8-13/h1-11H,12H2. The summed E-state index contributed by atoms with van der Waals surface area (Å²) in [4.78, 5) is 6.15.